The molecule has 0 saturated heterocycles. The van der Waals surface area contributed by atoms with Gasteiger partial charge in [-0.3, -0.25) is 4.79 Å². The molecular formula is C33H33N3O5S. The Kier molecular flexibility index (Phi) is 8.97. The fourth-order valence-electron chi connectivity index (χ4n) is 5.01. The zero-order valence-electron chi connectivity index (χ0n) is 24.1. The average Bonchev–Trinajstić information content (AvgIpc) is 3.41. The van der Waals surface area contributed by atoms with Crippen molar-refractivity contribution in [3.63, 3.8) is 0 Å². The monoisotopic (exact) mass is 583 g/mol. The van der Waals surface area contributed by atoms with Crippen LogP contribution in [0.15, 0.2) is 106 Å². The number of allylic oxidation sites excluding steroid dienone is 1. The third kappa shape index (κ3) is 6.21. The Morgan fingerprint density at radius 2 is 1.64 bits per heavy atom. The van der Waals surface area contributed by atoms with Crippen LogP contribution in [0.3, 0.4) is 0 Å². The molecule has 0 saturated carbocycles. The molecule has 42 heavy (non-hydrogen) atoms. The fourth-order valence-corrected chi connectivity index (χ4v) is 5.97. The van der Waals surface area contributed by atoms with E-state index in [2.05, 4.69) is 0 Å². The Bertz CT molecular complexity index is 1550. The van der Waals surface area contributed by atoms with Crippen LogP contribution in [0.5, 0.6) is 11.5 Å². The van der Waals surface area contributed by atoms with Gasteiger partial charge in [0.25, 0.3) is 0 Å². The molecule has 0 fully saturated rings. The summed E-state index contributed by atoms with van der Waals surface area (Å²) in [5.41, 5.74) is 4.34. The minimum Gasteiger partial charge on any atom is -0.497 e. The Morgan fingerprint density at radius 1 is 0.952 bits per heavy atom. The van der Waals surface area contributed by atoms with E-state index in [1.54, 1.807) is 32.2 Å². The summed E-state index contributed by atoms with van der Waals surface area (Å²) in [5, 5.41) is 2.62. The summed E-state index contributed by atoms with van der Waals surface area (Å²) in [6, 6.07) is 24.3. The quantitative estimate of drug-likeness (QED) is 0.268. The molecule has 1 amide bonds. The first-order valence-electron chi connectivity index (χ1n) is 13.5. The summed E-state index contributed by atoms with van der Waals surface area (Å²) in [4.78, 5) is 35.6. The molecule has 216 valence electrons. The number of aliphatic imine (C=N–C) groups is 1. The molecule has 2 heterocycles. The first-order valence-corrected chi connectivity index (χ1v) is 14.4. The maximum atomic E-state index is 13.8. The number of fused-ring (bicyclic) bond motifs is 1. The molecule has 2 aliphatic rings. The molecule has 8 nitrogen and oxygen atoms in total. The van der Waals surface area contributed by atoms with E-state index in [1.807, 2.05) is 90.0 Å². The van der Waals surface area contributed by atoms with Crippen molar-refractivity contribution in [3.8, 4) is 11.5 Å². The molecule has 5 rings (SSSR count). The van der Waals surface area contributed by atoms with Gasteiger partial charge in [-0.25, -0.2) is 9.79 Å². The largest absolute Gasteiger partial charge is 0.497 e. The number of carbonyl (C=O) groups excluding carboxylic acids is 2. The Hall–Kier alpha value is -4.50. The van der Waals surface area contributed by atoms with Gasteiger partial charge < -0.3 is 24.0 Å². The van der Waals surface area contributed by atoms with Gasteiger partial charge in [0, 0.05) is 30.9 Å². The lowest BCUT2D eigenvalue weighted by Crippen LogP contribution is -2.38. The van der Waals surface area contributed by atoms with E-state index in [-0.39, 0.29) is 18.9 Å². The molecule has 3 aromatic carbocycles. The van der Waals surface area contributed by atoms with Crippen molar-refractivity contribution in [3.05, 3.63) is 118 Å². The lowest BCUT2D eigenvalue weighted by molar-refractivity contribution is -0.141. The van der Waals surface area contributed by atoms with E-state index in [9.17, 15) is 9.59 Å². The molecule has 0 N–H and O–H groups in total. The third-order valence-electron chi connectivity index (χ3n) is 7.19. The van der Waals surface area contributed by atoms with Crippen molar-refractivity contribution in [1.29, 1.82) is 0 Å². The summed E-state index contributed by atoms with van der Waals surface area (Å²) in [5.74, 6) is 0.640. The standard InChI is InChI=1S/C33H33N3O5S/c1-22-30(32(38)41-20-24-13-9-6-10-14-24)31(27-16-15-26(39-3)18-28(27)40-4)36-25(21-42-33(36)34-22)17-29(37)35(2)19-23-11-7-5-8-12-23/h5-16,18,21,31H,17,19-20H2,1-4H3. The van der Waals surface area contributed by atoms with Gasteiger partial charge in [0.05, 0.1) is 38.0 Å². The highest BCUT2D eigenvalue weighted by atomic mass is 32.2. The molecule has 9 heteroatoms. The van der Waals surface area contributed by atoms with Crippen LogP contribution < -0.4 is 9.47 Å². The highest BCUT2D eigenvalue weighted by molar-refractivity contribution is 8.16. The molecule has 1 unspecified atom stereocenters. The van der Waals surface area contributed by atoms with Crippen LogP contribution in [0.2, 0.25) is 0 Å². The summed E-state index contributed by atoms with van der Waals surface area (Å²) in [6.45, 7) is 2.43. The molecule has 1 atom stereocenters. The van der Waals surface area contributed by atoms with E-state index in [1.165, 1.54) is 11.8 Å². The minimum atomic E-state index is -0.630. The van der Waals surface area contributed by atoms with Gasteiger partial charge in [-0.1, -0.05) is 72.4 Å². The third-order valence-corrected chi connectivity index (χ3v) is 8.08. The van der Waals surface area contributed by atoms with Crippen LogP contribution in [0.4, 0.5) is 0 Å². The van der Waals surface area contributed by atoms with Crippen LogP contribution in [-0.2, 0) is 27.5 Å². The SMILES string of the molecule is COc1ccc(C2C(C(=O)OCc3ccccc3)=C(C)N=C3SC=C(CC(=O)N(C)Cc4ccccc4)N32)c(OC)c1. The number of amidine groups is 1. The van der Waals surface area contributed by atoms with Crippen LogP contribution in [0, 0.1) is 0 Å². The van der Waals surface area contributed by atoms with Gasteiger partial charge in [0.2, 0.25) is 5.91 Å². The van der Waals surface area contributed by atoms with E-state index >= 15 is 0 Å². The van der Waals surface area contributed by atoms with Crippen molar-refractivity contribution in [2.75, 3.05) is 21.3 Å². The molecule has 0 spiro atoms. The van der Waals surface area contributed by atoms with Gasteiger partial charge >= 0.3 is 5.97 Å². The van der Waals surface area contributed by atoms with Crippen LogP contribution in [-0.4, -0.2) is 48.1 Å². The number of esters is 1. The lowest BCUT2D eigenvalue weighted by atomic mass is 9.93. The van der Waals surface area contributed by atoms with Gasteiger partial charge in [-0.05, 0) is 35.6 Å². The smallest absolute Gasteiger partial charge is 0.338 e. The van der Waals surface area contributed by atoms with Crippen molar-refractivity contribution in [1.82, 2.24) is 9.80 Å². The van der Waals surface area contributed by atoms with Gasteiger partial charge in [-0.15, -0.1) is 0 Å². The maximum absolute atomic E-state index is 13.8. The first-order chi connectivity index (χ1) is 20.4. The topological polar surface area (TPSA) is 80.7 Å². The molecule has 0 aliphatic carbocycles. The second-order valence-corrected chi connectivity index (χ2v) is 10.8. The Morgan fingerprint density at radius 3 is 2.31 bits per heavy atom. The number of hydrogen-bond acceptors (Lipinski definition) is 8. The van der Waals surface area contributed by atoms with Crippen molar-refractivity contribution < 1.29 is 23.8 Å². The molecule has 3 aromatic rings. The lowest BCUT2D eigenvalue weighted by Gasteiger charge is -2.37. The first kappa shape index (κ1) is 29.0. The maximum Gasteiger partial charge on any atom is 0.338 e. The number of hydrogen-bond donors (Lipinski definition) is 0. The number of methoxy groups -OCH3 is 2. The van der Waals surface area contributed by atoms with E-state index in [0.29, 0.717) is 34.5 Å². The number of benzene rings is 3. The zero-order chi connectivity index (χ0) is 29.6. The number of nitrogens with zero attached hydrogens (tertiary/aromatic N) is 3. The van der Waals surface area contributed by atoms with Gasteiger partial charge in [0.1, 0.15) is 18.1 Å². The van der Waals surface area contributed by atoms with E-state index < -0.39 is 12.0 Å². The van der Waals surface area contributed by atoms with Crippen molar-refractivity contribution >= 4 is 28.8 Å². The van der Waals surface area contributed by atoms with Gasteiger partial charge in [0.15, 0.2) is 5.17 Å². The highest BCUT2D eigenvalue weighted by Gasteiger charge is 2.42. The Balaban J connectivity index is 1.48. The number of carbonyl (C=O) groups is 2. The fraction of sp³-hybridized carbons (Fsp3) is 0.242. The predicted molar refractivity (Wildman–Crippen MR) is 164 cm³/mol. The summed E-state index contributed by atoms with van der Waals surface area (Å²) in [7, 11) is 4.97. The van der Waals surface area contributed by atoms with Gasteiger partial charge in [-0.2, -0.15) is 0 Å². The normalized spacial score (nSPS) is 15.9. The number of rotatable bonds is 10. The second-order valence-electron chi connectivity index (χ2n) is 9.97. The summed E-state index contributed by atoms with van der Waals surface area (Å²) in [6.07, 6.45) is 0.135. The molecular weight excluding hydrogens is 550 g/mol. The number of ether oxygens (including phenoxy) is 3. The van der Waals surface area contributed by atoms with E-state index in [0.717, 1.165) is 22.4 Å². The second kappa shape index (κ2) is 13.0. The van der Waals surface area contributed by atoms with Crippen molar-refractivity contribution in [2.45, 2.75) is 32.5 Å². The minimum absolute atomic E-state index is 0.0492. The summed E-state index contributed by atoms with van der Waals surface area (Å²) >= 11 is 1.43. The molecule has 2 aliphatic heterocycles. The number of thioether (sulfide) groups is 1. The molecule has 0 radical (unpaired) electrons. The Labute approximate surface area is 250 Å². The number of amides is 1. The summed E-state index contributed by atoms with van der Waals surface area (Å²) < 4.78 is 17.0. The van der Waals surface area contributed by atoms with E-state index in [4.69, 9.17) is 19.2 Å². The highest BCUT2D eigenvalue weighted by Crippen LogP contribution is 2.47. The van der Waals surface area contributed by atoms with Crippen LogP contribution in [0.25, 0.3) is 0 Å². The van der Waals surface area contributed by atoms with Crippen LogP contribution >= 0.6 is 11.8 Å². The zero-order valence-corrected chi connectivity index (χ0v) is 24.9. The van der Waals surface area contributed by atoms with Crippen molar-refractivity contribution in [2.24, 2.45) is 4.99 Å². The van der Waals surface area contributed by atoms with Crippen LogP contribution in [0.1, 0.15) is 36.1 Å². The molecule has 0 bridgehead atoms. The predicted octanol–water partition coefficient (Wildman–Crippen LogP) is 6.07. The average molecular weight is 584 g/mol. The molecule has 0 aromatic heterocycles.